The smallest absolute Gasteiger partial charge is 0.328 e. The lowest BCUT2D eigenvalue weighted by atomic mass is 9.99. The molecule has 0 bridgehead atoms. The van der Waals surface area contributed by atoms with Crippen molar-refractivity contribution in [1.82, 2.24) is 30.4 Å². The van der Waals surface area contributed by atoms with E-state index in [1.54, 1.807) is 17.5 Å². The lowest BCUT2D eigenvalue weighted by Gasteiger charge is -2.26. The van der Waals surface area contributed by atoms with Crippen LogP contribution < -0.4 is 20.3 Å². The Morgan fingerprint density at radius 1 is 1.04 bits per heavy atom. The van der Waals surface area contributed by atoms with E-state index in [1.165, 1.54) is 9.78 Å². The number of hydrogen-bond donors (Lipinski definition) is 2. The summed E-state index contributed by atoms with van der Waals surface area (Å²) in [5, 5.41) is 16.7. The number of nitrogens with one attached hydrogen (secondary N) is 2. The molecule has 3 aromatic heterocycles. The molecule has 7 rings (SSSR count). The number of pyridine rings is 1. The van der Waals surface area contributed by atoms with Crippen LogP contribution in [0.4, 0.5) is 10.5 Å². The third kappa shape index (κ3) is 7.94. The van der Waals surface area contributed by atoms with Gasteiger partial charge in [-0.25, -0.2) is 4.79 Å². The van der Waals surface area contributed by atoms with E-state index in [-0.39, 0.29) is 24.7 Å². The van der Waals surface area contributed by atoms with Crippen LogP contribution in [0.2, 0.25) is 5.02 Å². The summed E-state index contributed by atoms with van der Waals surface area (Å²) in [6.45, 7) is 8.36. The molecule has 5 aromatic rings. The maximum absolute atomic E-state index is 13.2. The molecule has 2 aliphatic rings. The van der Waals surface area contributed by atoms with Crippen LogP contribution in [0.3, 0.4) is 0 Å². The number of halogens is 1. The van der Waals surface area contributed by atoms with E-state index < -0.39 is 12.1 Å². The first-order valence-electron chi connectivity index (χ1n) is 17.5. The lowest BCUT2D eigenvalue weighted by molar-refractivity contribution is -0.122. The van der Waals surface area contributed by atoms with Crippen molar-refractivity contribution in [3.05, 3.63) is 93.0 Å². The van der Waals surface area contributed by atoms with Crippen LogP contribution in [-0.4, -0.2) is 76.2 Å². The summed E-state index contributed by atoms with van der Waals surface area (Å²) in [6, 6.07) is 14.1. The summed E-state index contributed by atoms with van der Waals surface area (Å²) in [7, 11) is 0. The van der Waals surface area contributed by atoms with E-state index in [0.29, 0.717) is 68.0 Å². The molecular formula is C38H39ClN8O5S. The molecular weight excluding hydrogens is 716 g/mol. The molecule has 13 nitrogen and oxygen atoms in total. The molecule has 53 heavy (non-hydrogen) atoms. The molecule has 274 valence electrons. The highest BCUT2D eigenvalue weighted by atomic mass is 35.5. The zero-order chi connectivity index (χ0) is 37.1. The van der Waals surface area contributed by atoms with Crippen LogP contribution in [0.25, 0.3) is 15.9 Å². The summed E-state index contributed by atoms with van der Waals surface area (Å²) in [5.74, 6) is 1.67. The minimum absolute atomic E-state index is 0.125. The van der Waals surface area contributed by atoms with Gasteiger partial charge in [0, 0.05) is 65.6 Å². The first-order chi connectivity index (χ1) is 25.7. The number of benzene rings is 2. The Kier molecular flexibility index (Phi) is 10.8. The highest BCUT2D eigenvalue weighted by molar-refractivity contribution is 7.15. The number of imide groups is 1. The fraction of sp³-hybridized carbons (Fsp3) is 0.342. The minimum Gasteiger partial charge on any atom is -0.493 e. The molecule has 2 aliphatic heterocycles. The molecule has 0 radical (unpaired) electrons. The summed E-state index contributed by atoms with van der Waals surface area (Å²) >= 11 is 7.89. The van der Waals surface area contributed by atoms with Crippen molar-refractivity contribution in [2.24, 2.45) is 4.99 Å². The normalized spacial score (nSPS) is 15.4. The van der Waals surface area contributed by atoms with E-state index >= 15 is 0 Å². The second-order valence-electron chi connectivity index (χ2n) is 12.9. The number of amides is 4. The van der Waals surface area contributed by atoms with Gasteiger partial charge in [0.25, 0.3) is 0 Å². The van der Waals surface area contributed by atoms with Gasteiger partial charge in [0.05, 0.1) is 36.1 Å². The number of rotatable bonds is 13. The highest BCUT2D eigenvalue weighted by Crippen LogP contribution is 2.39. The first-order valence-corrected chi connectivity index (χ1v) is 18.7. The molecule has 0 saturated carbocycles. The molecule has 15 heteroatoms. The topological polar surface area (TPSA) is 153 Å². The second-order valence-corrected chi connectivity index (χ2v) is 14.6. The third-order valence-electron chi connectivity index (χ3n) is 9.23. The van der Waals surface area contributed by atoms with Crippen LogP contribution in [-0.2, 0) is 14.3 Å². The predicted octanol–water partition coefficient (Wildman–Crippen LogP) is 6.18. The van der Waals surface area contributed by atoms with Gasteiger partial charge in [-0.1, -0.05) is 23.7 Å². The van der Waals surface area contributed by atoms with Crippen LogP contribution >= 0.6 is 22.9 Å². The number of aryl methyl sites for hydroxylation is 2. The number of aromatic nitrogens is 4. The fourth-order valence-electron chi connectivity index (χ4n) is 6.38. The molecule has 0 spiro atoms. The molecule has 4 amide bonds. The predicted molar refractivity (Wildman–Crippen MR) is 204 cm³/mol. The molecule has 0 unspecified atom stereocenters. The van der Waals surface area contributed by atoms with Gasteiger partial charge in [0.2, 0.25) is 11.8 Å². The fourth-order valence-corrected chi connectivity index (χ4v) is 7.72. The maximum atomic E-state index is 13.2. The van der Waals surface area contributed by atoms with Gasteiger partial charge in [-0.3, -0.25) is 34.3 Å². The number of thiophene rings is 1. The minimum atomic E-state index is -0.526. The van der Waals surface area contributed by atoms with Crippen molar-refractivity contribution in [2.45, 2.75) is 52.5 Å². The van der Waals surface area contributed by atoms with Crippen LogP contribution in [0.15, 0.2) is 59.7 Å². The zero-order valence-electron chi connectivity index (χ0n) is 29.6. The Bertz CT molecular complexity index is 2220. The van der Waals surface area contributed by atoms with Gasteiger partial charge in [0.1, 0.15) is 22.6 Å². The third-order valence-corrected chi connectivity index (χ3v) is 10.7. The number of fused-ring (bicyclic) bond motifs is 4. The molecule has 1 saturated heterocycles. The summed E-state index contributed by atoms with van der Waals surface area (Å²) < 4.78 is 13.8. The Labute approximate surface area is 315 Å². The number of urea groups is 1. The van der Waals surface area contributed by atoms with Crippen molar-refractivity contribution >= 4 is 63.1 Å². The van der Waals surface area contributed by atoms with Gasteiger partial charge in [-0.05, 0) is 69.2 Å². The highest BCUT2D eigenvalue weighted by Gasteiger charge is 2.32. The largest absolute Gasteiger partial charge is 0.493 e. The number of anilines is 1. The van der Waals surface area contributed by atoms with E-state index in [9.17, 15) is 14.4 Å². The lowest BCUT2D eigenvalue weighted by Crippen LogP contribution is -2.49. The van der Waals surface area contributed by atoms with Gasteiger partial charge in [-0.2, -0.15) is 0 Å². The molecule has 2 N–H and O–H groups in total. The van der Waals surface area contributed by atoms with Crippen molar-refractivity contribution < 1.29 is 23.9 Å². The molecule has 2 aromatic carbocycles. The van der Waals surface area contributed by atoms with Crippen molar-refractivity contribution in [3.8, 4) is 10.8 Å². The number of carbonyl (C=O) groups excluding carboxylic acids is 3. The number of hydrogen-bond acceptors (Lipinski definition) is 10. The average molecular weight is 755 g/mol. The Morgan fingerprint density at radius 2 is 1.85 bits per heavy atom. The molecule has 0 aliphatic carbocycles. The molecule has 5 heterocycles. The number of nitrogens with zero attached hydrogens (tertiary/aromatic N) is 6. The van der Waals surface area contributed by atoms with Crippen LogP contribution in [0, 0.1) is 20.8 Å². The van der Waals surface area contributed by atoms with Gasteiger partial charge in [0.15, 0.2) is 5.82 Å². The SMILES string of the molecule is Cc1sc2c(c1C)C(c1ccc(Cl)cc1)=N[C@@H](CC(=O)NCCCOCCCOc1ccc3ncc(N4CCC(=O)NC4=O)cc3c1)c1nnc(C)n1-2. The molecule has 1 atom stereocenters. The van der Waals surface area contributed by atoms with E-state index in [0.717, 1.165) is 44.1 Å². The van der Waals surface area contributed by atoms with E-state index in [1.807, 2.05) is 60.0 Å². The van der Waals surface area contributed by atoms with Crippen molar-refractivity contribution in [3.63, 3.8) is 0 Å². The van der Waals surface area contributed by atoms with E-state index in [4.69, 9.17) is 26.1 Å². The first kappa shape index (κ1) is 36.2. The summed E-state index contributed by atoms with van der Waals surface area (Å²) in [6.07, 6.45) is 3.34. The maximum Gasteiger partial charge on any atom is 0.328 e. The quantitative estimate of drug-likeness (QED) is 0.135. The van der Waals surface area contributed by atoms with Gasteiger partial charge < -0.3 is 14.8 Å². The second kappa shape index (κ2) is 15.8. The van der Waals surface area contributed by atoms with Crippen molar-refractivity contribution in [1.29, 1.82) is 0 Å². The Morgan fingerprint density at radius 3 is 2.66 bits per heavy atom. The standard InChI is InChI=1S/C38H39ClN8O5S/c1-22-23(2)53-37-34(22)35(25-6-8-27(39)9-7-25)42-31(36-45-44-24(3)47(36)37)20-33(49)40-13-4-15-51-16-5-17-52-29-10-11-30-26(19-29)18-28(21-41-30)46-14-12-32(48)43-38(46)50/h6-11,18-19,21,31H,4-5,12-17,20H2,1-3H3,(H,40,49)(H,43,48,50)/t31-/m0/s1. The Hall–Kier alpha value is -5.18. The zero-order valence-corrected chi connectivity index (χ0v) is 31.2. The monoisotopic (exact) mass is 754 g/mol. The molecule has 1 fully saturated rings. The summed E-state index contributed by atoms with van der Waals surface area (Å²) in [5.41, 5.74) is 5.30. The Balaban J connectivity index is 0.878. The number of carbonyl (C=O) groups is 3. The average Bonchev–Trinajstić information content (AvgIpc) is 3.62. The van der Waals surface area contributed by atoms with E-state index in [2.05, 4.69) is 39.7 Å². The van der Waals surface area contributed by atoms with Gasteiger partial charge >= 0.3 is 6.03 Å². The summed E-state index contributed by atoms with van der Waals surface area (Å²) in [4.78, 5) is 49.3. The van der Waals surface area contributed by atoms with Crippen LogP contribution in [0.5, 0.6) is 5.75 Å². The van der Waals surface area contributed by atoms with Gasteiger partial charge in [-0.15, -0.1) is 21.5 Å². The van der Waals surface area contributed by atoms with Crippen molar-refractivity contribution in [2.75, 3.05) is 37.8 Å². The van der Waals surface area contributed by atoms with Crippen LogP contribution in [0.1, 0.15) is 64.9 Å². The number of aliphatic imine (C=N–C) groups is 1. The number of ether oxygens (including phenoxy) is 2.